The number of hydrogen-bond donors (Lipinski definition) is 2. The summed E-state index contributed by atoms with van der Waals surface area (Å²) in [5, 5.41) is 3.52. The van der Waals surface area contributed by atoms with Gasteiger partial charge < -0.3 is 11.1 Å². The van der Waals surface area contributed by atoms with Gasteiger partial charge in [-0.05, 0) is 50.1 Å². The van der Waals surface area contributed by atoms with Gasteiger partial charge in [-0.3, -0.25) is 4.79 Å². The molecule has 2 aromatic carbocycles. The van der Waals surface area contributed by atoms with Gasteiger partial charge in [0, 0.05) is 11.3 Å². The number of amides is 1. The lowest BCUT2D eigenvalue weighted by Gasteiger charge is -2.12. The Kier molecular flexibility index (Phi) is 3.58. The lowest BCUT2D eigenvalue weighted by atomic mass is 10.0. The molecular formula is C17H17N3OS. The molecular weight excluding hydrogens is 294 g/mol. The maximum absolute atomic E-state index is 12.5. The topological polar surface area (TPSA) is 68.0 Å². The number of thiazole rings is 1. The smallest absolute Gasteiger partial charge is 0.255 e. The molecule has 3 N–H and O–H groups in total. The first-order valence-electron chi connectivity index (χ1n) is 6.99. The van der Waals surface area contributed by atoms with Gasteiger partial charge in [0.05, 0.1) is 10.2 Å². The largest absolute Gasteiger partial charge is 0.375 e. The number of aryl methyl sites for hydroxylation is 3. The number of fused-ring (bicyclic) bond motifs is 1. The number of nitrogens with one attached hydrogen (secondary N) is 1. The van der Waals surface area contributed by atoms with Gasteiger partial charge in [0.15, 0.2) is 5.13 Å². The van der Waals surface area contributed by atoms with E-state index in [9.17, 15) is 4.79 Å². The quantitative estimate of drug-likeness (QED) is 0.750. The first kappa shape index (κ1) is 14.5. The maximum Gasteiger partial charge on any atom is 0.255 e. The van der Waals surface area contributed by atoms with Crippen molar-refractivity contribution in [3.63, 3.8) is 0 Å². The fourth-order valence-corrected chi connectivity index (χ4v) is 3.42. The molecule has 0 atom stereocenters. The molecule has 0 unspecified atom stereocenters. The molecule has 5 heteroatoms. The SMILES string of the molecule is Cc1cc(C)c(NC(=O)c2ccc3nc(N)sc3c2)c(C)c1. The van der Waals surface area contributed by atoms with Gasteiger partial charge >= 0.3 is 0 Å². The fraction of sp³-hybridized carbons (Fsp3) is 0.176. The summed E-state index contributed by atoms with van der Waals surface area (Å²) in [5.41, 5.74) is 11.3. The zero-order valence-electron chi connectivity index (χ0n) is 12.7. The molecule has 4 nitrogen and oxygen atoms in total. The monoisotopic (exact) mass is 311 g/mol. The van der Waals surface area contributed by atoms with Crippen LogP contribution in [-0.4, -0.2) is 10.9 Å². The number of nitrogen functional groups attached to an aromatic ring is 1. The third-order valence-electron chi connectivity index (χ3n) is 3.58. The third kappa shape index (κ3) is 2.67. The molecule has 0 spiro atoms. The van der Waals surface area contributed by atoms with E-state index in [1.807, 2.05) is 32.9 Å². The van der Waals surface area contributed by atoms with Crippen LogP contribution in [0.2, 0.25) is 0 Å². The number of carbonyl (C=O) groups excluding carboxylic acids is 1. The summed E-state index contributed by atoms with van der Waals surface area (Å²) < 4.78 is 0.919. The Morgan fingerprint density at radius 3 is 2.50 bits per heavy atom. The molecule has 0 radical (unpaired) electrons. The summed E-state index contributed by atoms with van der Waals surface area (Å²) in [6.45, 7) is 6.05. The average molecular weight is 311 g/mol. The highest BCUT2D eigenvalue weighted by molar-refractivity contribution is 7.22. The molecule has 3 aromatic rings. The number of benzene rings is 2. The van der Waals surface area contributed by atoms with E-state index >= 15 is 0 Å². The zero-order valence-corrected chi connectivity index (χ0v) is 13.5. The van der Waals surface area contributed by atoms with Crippen molar-refractivity contribution in [3.05, 3.63) is 52.6 Å². The molecule has 0 aliphatic carbocycles. The average Bonchev–Trinajstić information content (AvgIpc) is 2.81. The highest BCUT2D eigenvalue weighted by Crippen LogP contribution is 2.26. The second-order valence-electron chi connectivity index (χ2n) is 5.46. The molecule has 1 heterocycles. The van der Waals surface area contributed by atoms with Crippen molar-refractivity contribution < 1.29 is 4.79 Å². The second kappa shape index (κ2) is 5.42. The Bertz CT molecular complexity index is 860. The van der Waals surface area contributed by atoms with Crippen LogP contribution in [0.1, 0.15) is 27.0 Å². The molecule has 1 aromatic heterocycles. The number of carbonyl (C=O) groups is 1. The van der Waals surface area contributed by atoms with Gasteiger partial charge in [-0.15, -0.1) is 0 Å². The Morgan fingerprint density at radius 2 is 1.82 bits per heavy atom. The minimum atomic E-state index is -0.121. The van der Waals surface area contributed by atoms with E-state index in [0.29, 0.717) is 10.7 Å². The first-order valence-corrected chi connectivity index (χ1v) is 7.81. The number of hydrogen-bond acceptors (Lipinski definition) is 4. The van der Waals surface area contributed by atoms with Crippen molar-refractivity contribution in [2.75, 3.05) is 11.1 Å². The number of rotatable bonds is 2. The summed E-state index contributed by atoms with van der Waals surface area (Å²) in [6, 6.07) is 9.56. The molecule has 0 aliphatic rings. The number of anilines is 2. The van der Waals surface area contributed by atoms with Gasteiger partial charge in [-0.1, -0.05) is 29.0 Å². The predicted molar refractivity (Wildman–Crippen MR) is 92.6 cm³/mol. The molecule has 22 heavy (non-hydrogen) atoms. The molecule has 3 rings (SSSR count). The minimum absolute atomic E-state index is 0.121. The van der Waals surface area contributed by atoms with Gasteiger partial charge in [-0.25, -0.2) is 4.98 Å². The third-order valence-corrected chi connectivity index (χ3v) is 4.43. The standard InChI is InChI=1S/C17H17N3OS/c1-9-6-10(2)15(11(3)7-9)20-16(21)12-4-5-13-14(8-12)22-17(18)19-13/h4-8H,1-3H3,(H2,18,19)(H,20,21). The van der Waals surface area contributed by atoms with Crippen molar-refractivity contribution in [2.24, 2.45) is 0 Å². The highest BCUT2D eigenvalue weighted by atomic mass is 32.1. The molecule has 112 valence electrons. The predicted octanol–water partition coefficient (Wildman–Crippen LogP) is 4.06. The molecule has 0 bridgehead atoms. The Balaban J connectivity index is 1.93. The minimum Gasteiger partial charge on any atom is -0.375 e. The molecule has 1 amide bonds. The van der Waals surface area contributed by atoms with Crippen molar-refractivity contribution in [1.82, 2.24) is 4.98 Å². The van der Waals surface area contributed by atoms with Crippen LogP contribution in [0.15, 0.2) is 30.3 Å². The normalized spacial score (nSPS) is 10.9. The van der Waals surface area contributed by atoms with Gasteiger partial charge in [0.1, 0.15) is 0 Å². The maximum atomic E-state index is 12.5. The van der Waals surface area contributed by atoms with Gasteiger partial charge in [0.2, 0.25) is 0 Å². The van der Waals surface area contributed by atoms with Crippen molar-refractivity contribution in [1.29, 1.82) is 0 Å². The van der Waals surface area contributed by atoms with Crippen LogP contribution >= 0.6 is 11.3 Å². The summed E-state index contributed by atoms with van der Waals surface area (Å²) in [6.07, 6.45) is 0. The molecule has 0 fully saturated rings. The van der Waals surface area contributed by atoms with Crippen LogP contribution < -0.4 is 11.1 Å². The van der Waals surface area contributed by atoms with Crippen LogP contribution in [0.5, 0.6) is 0 Å². The highest BCUT2D eigenvalue weighted by Gasteiger charge is 2.12. The van der Waals surface area contributed by atoms with E-state index in [2.05, 4.69) is 22.4 Å². The zero-order chi connectivity index (χ0) is 15.9. The van der Waals surface area contributed by atoms with Crippen molar-refractivity contribution in [3.8, 4) is 0 Å². The van der Waals surface area contributed by atoms with Crippen LogP contribution in [-0.2, 0) is 0 Å². The molecule has 0 saturated heterocycles. The van der Waals surface area contributed by atoms with E-state index in [0.717, 1.165) is 27.0 Å². The number of nitrogens with zero attached hydrogens (tertiary/aromatic N) is 1. The second-order valence-corrected chi connectivity index (χ2v) is 6.52. The van der Waals surface area contributed by atoms with Crippen LogP contribution in [0.4, 0.5) is 10.8 Å². The summed E-state index contributed by atoms with van der Waals surface area (Å²) >= 11 is 1.38. The van der Waals surface area contributed by atoms with Crippen LogP contribution in [0.3, 0.4) is 0 Å². The van der Waals surface area contributed by atoms with E-state index < -0.39 is 0 Å². The summed E-state index contributed by atoms with van der Waals surface area (Å²) in [4.78, 5) is 16.7. The number of nitrogens with two attached hydrogens (primary N) is 1. The lowest BCUT2D eigenvalue weighted by Crippen LogP contribution is -2.13. The van der Waals surface area contributed by atoms with Crippen LogP contribution in [0.25, 0.3) is 10.2 Å². The van der Waals surface area contributed by atoms with Gasteiger partial charge in [-0.2, -0.15) is 0 Å². The Hall–Kier alpha value is -2.40. The Morgan fingerprint density at radius 1 is 1.14 bits per heavy atom. The van der Waals surface area contributed by atoms with E-state index in [1.165, 1.54) is 16.9 Å². The van der Waals surface area contributed by atoms with Crippen LogP contribution in [0, 0.1) is 20.8 Å². The molecule has 0 saturated carbocycles. The number of aromatic nitrogens is 1. The van der Waals surface area contributed by atoms with E-state index in [4.69, 9.17) is 5.73 Å². The first-order chi connectivity index (χ1) is 10.4. The van der Waals surface area contributed by atoms with E-state index in [-0.39, 0.29) is 5.91 Å². The molecule has 0 aliphatic heterocycles. The lowest BCUT2D eigenvalue weighted by molar-refractivity contribution is 0.102. The van der Waals surface area contributed by atoms with E-state index in [1.54, 1.807) is 6.07 Å². The van der Waals surface area contributed by atoms with Crippen molar-refractivity contribution >= 4 is 38.3 Å². The fourth-order valence-electron chi connectivity index (χ4n) is 2.65. The van der Waals surface area contributed by atoms with Gasteiger partial charge in [0.25, 0.3) is 5.91 Å². The Labute approximate surface area is 133 Å². The summed E-state index contributed by atoms with van der Waals surface area (Å²) in [7, 11) is 0. The summed E-state index contributed by atoms with van der Waals surface area (Å²) in [5.74, 6) is -0.121. The van der Waals surface area contributed by atoms with Crippen molar-refractivity contribution in [2.45, 2.75) is 20.8 Å².